The lowest BCUT2D eigenvalue weighted by atomic mass is 10.1. The Bertz CT molecular complexity index is 924. The number of ether oxygens (including phenoxy) is 3. The van der Waals surface area contributed by atoms with Crippen LogP contribution in [-0.4, -0.2) is 44.6 Å². The van der Waals surface area contributed by atoms with Crippen LogP contribution in [0.3, 0.4) is 0 Å². The summed E-state index contributed by atoms with van der Waals surface area (Å²) in [4.78, 5) is 37.4. The van der Waals surface area contributed by atoms with Crippen molar-refractivity contribution >= 4 is 45.7 Å². The maximum atomic E-state index is 12.5. The Labute approximate surface area is 177 Å². The molecule has 0 aliphatic rings. The van der Waals surface area contributed by atoms with E-state index < -0.39 is 11.9 Å². The highest BCUT2D eigenvalue weighted by Crippen LogP contribution is 2.34. The predicted octanol–water partition coefficient (Wildman–Crippen LogP) is 4.37. The number of benzene rings is 1. The standard InChI is InChI=1S/C20H22ClNO6S/c1-5-27-19(24)16-11(3)17(20(25)28-6-2)29-18(16)22-10-14(23)12-7-8-15(26-4)13(21)9-12/h7-9,22H,5-6,10H2,1-4H3. The molecule has 1 N–H and O–H groups in total. The topological polar surface area (TPSA) is 90.9 Å². The predicted molar refractivity (Wildman–Crippen MR) is 112 cm³/mol. The molecule has 1 heterocycles. The third-order valence-corrected chi connectivity index (χ3v) is 5.50. The molecule has 29 heavy (non-hydrogen) atoms. The number of anilines is 1. The van der Waals surface area contributed by atoms with Gasteiger partial charge in [0.1, 0.15) is 15.6 Å². The molecule has 0 radical (unpaired) electrons. The maximum absolute atomic E-state index is 12.5. The van der Waals surface area contributed by atoms with Gasteiger partial charge < -0.3 is 19.5 Å². The average molecular weight is 440 g/mol. The van der Waals surface area contributed by atoms with E-state index in [-0.39, 0.29) is 36.0 Å². The summed E-state index contributed by atoms with van der Waals surface area (Å²) in [5.41, 5.74) is 1.06. The molecule has 0 aliphatic carbocycles. The molecule has 0 aliphatic heterocycles. The quantitative estimate of drug-likeness (QED) is 0.458. The molecular weight excluding hydrogens is 418 g/mol. The van der Waals surface area contributed by atoms with Gasteiger partial charge in [0.15, 0.2) is 5.78 Å². The maximum Gasteiger partial charge on any atom is 0.348 e. The molecule has 2 rings (SSSR count). The lowest BCUT2D eigenvalue weighted by molar-refractivity contribution is 0.0527. The van der Waals surface area contributed by atoms with E-state index in [1.807, 2.05) is 0 Å². The zero-order valence-corrected chi connectivity index (χ0v) is 18.2. The third kappa shape index (κ3) is 5.27. The van der Waals surface area contributed by atoms with Crippen molar-refractivity contribution in [2.24, 2.45) is 0 Å². The van der Waals surface area contributed by atoms with Gasteiger partial charge in [-0.05, 0) is 44.5 Å². The molecule has 156 valence electrons. The molecule has 0 unspecified atom stereocenters. The fourth-order valence-electron chi connectivity index (χ4n) is 2.58. The molecule has 9 heteroatoms. The molecule has 0 fully saturated rings. The van der Waals surface area contributed by atoms with Crippen molar-refractivity contribution < 1.29 is 28.6 Å². The van der Waals surface area contributed by atoms with Crippen molar-refractivity contribution in [3.05, 3.63) is 44.8 Å². The van der Waals surface area contributed by atoms with Crippen molar-refractivity contribution in [3.63, 3.8) is 0 Å². The first kappa shape index (κ1) is 22.7. The Morgan fingerprint density at radius 3 is 2.34 bits per heavy atom. The molecule has 1 aromatic carbocycles. The number of carbonyl (C=O) groups is 3. The fraction of sp³-hybridized carbons (Fsp3) is 0.350. The summed E-state index contributed by atoms with van der Waals surface area (Å²) < 4.78 is 15.2. The van der Waals surface area contributed by atoms with Gasteiger partial charge in [0.2, 0.25) is 0 Å². The van der Waals surface area contributed by atoms with Gasteiger partial charge in [-0.15, -0.1) is 11.3 Å². The lowest BCUT2D eigenvalue weighted by Crippen LogP contribution is -2.16. The highest BCUT2D eigenvalue weighted by molar-refractivity contribution is 7.18. The number of Topliss-reactive ketones (excluding diaryl/α,β-unsaturated/α-hetero) is 1. The first-order valence-corrected chi connectivity index (χ1v) is 10.1. The minimum atomic E-state index is -0.570. The second kappa shape index (κ2) is 10.3. The number of carbonyl (C=O) groups excluding carboxylic acids is 3. The molecule has 0 saturated carbocycles. The summed E-state index contributed by atoms with van der Waals surface area (Å²) in [6.07, 6.45) is 0. The smallest absolute Gasteiger partial charge is 0.348 e. The average Bonchev–Trinajstić information content (AvgIpc) is 3.02. The van der Waals surface area contributed by atoms with Gasteiger partial charge in [0, 0.05) is 5.56 Å². The van der Waals surface area contributed by atoms with Crippen LogP contribution in [-0.2, 0) is 9.47 Å². The first-order valence-electron chi connectivity index (χ1n) is 8.92. The van der Waals surface area contributed by atoms with Crippen LogP contribution in [0.1, 0.15) is 49.8 Å². The first-order chi connectivity index (χ1) is 13.8. The summed E-state index contributed by atoms with van der Waals surface area (Å²) >= 11 is 7.12. The second-order valence-corrected chi connectivity index (χ2v) is 7.26. The highest BCUT2D eigenvalue weighted by Gasteiger charge is 2.26. The van der Waals surface area contributed by atoms with E-state index in [4.69, 9.17) is 25.8 Å². The molecule has 1 aromatic heterocycles. The van der Waals surface area contributed by atoms with Gasteiger partial charge >= 0.3 is 11.9 Å². The van der Waals surface area contributed by atoms with E-state index in [1.165, 1.54) is 13.2 Å². The van der Waals surface area contributed by atoms with E-state index in [0.29, 0.717) is 26.9 Å². The van der Waals surface area contributed by atoms with Crippen molar-refractivity contribution in [3.8, 4) is 5.75 Å². The minimum absolute atomic E-state index is 0.0999. The normalized spacial score (nSPS) is 10.4. The van der Waals surface area contributed by atoms with Crippen molar-refractivity contribution in [1.29, 1.82) is 0 Å². The van der Waals surface area contributed by atoms with E-state index in [2.05, 4.69) is 5.32 Å². The number of hydrogen-bond acceptors (Lipinski definition) is 8. The molecule has 0 bridgehead atoms. The zero-order valence-electron chi connectivity index (χ0n) is 16.6. The molecular formula is C20H22ClNO6S. The summed E-state index contributed by atoms with van der Waals surface area (Å²) in [5.74, 6) is -0.872. The lowest BCUT2D eigenvalue weighted by Gasteiger charge is -2.09. The van der Waals surface area contributed by atoms with Crippen LogP contribution in [0.15, 0.2) is 18.2 Å². The van der Waals surface area contributed by atoms with Gasteiger partial charge in [0.25, 0.3) is 0 Å². The van der Waals surface area contributed by atoms with Gasteiger partial charge in [-0.2, -0.15) is 0 Å². The van der Waals surface area contributed by atoms with Gasteiger partial charge in [-0.25, -0.2) is 9.59 Å². The molecule has 0 spiro atoms. The van der Waals surface area contributed by atoms with Crippen LogP contribution in [0, 0.1) is 6.92 Å². The molecule has 0 atom stereocenters. The van der Waals surface area contributed by atoms with E-state index in [1.54, 1.807) is 32.9 Å². The van der Waals surface area contributed by atoms with Gasteiger partial charge in [0.05, 0.1) is 37.5 Å². The fourth-order valence-corrected chi connectivity index (χ4v) is 3.92. The third-order valence-electron chi connectivity index (χ3n) is 3.97. The second-order valence-electron chi connectivity index (χ2n) is 5.83. The van der Waals surface area contributed by atoms with Gasteiger partial charge in [-0.1, -0.05) is 11.6 Å². The van der Waals surface area contributed by atoms with Crippen molar-refractivity contribution in [1.82, 2.24) is 0 Å². The SMILES string of the molecule is CCOC(=O)c1sc(NCC(=O)c2ccc(OC)c(Cl)c2)c(C(=O)OCC)c1C. The summed E-state index contributed by atoms with van der Waals surface area (Å²) in [7, 11) is 1.49. The van der Waals surface area contributed by atoms with E-state index in [0.717, 1.165) is 11.3 Å². The Morgan fingerprint density at radius 1 is 1.10 bits per heavy atom. The van der Waals surface area contributed by atoms with Crippen LogP contribution in [0.25, 0.3) is 0 Å². The van der Waals surface area contributed by atoms with Crippen molar-refractivity contribution in [2.75, 3.05) is 32.2 Å². The molecule has 0 saturated heterocycles. The van der Waals surface area contributed by atoms with Crippen molar-refractivity contribution in [2.45, 2.75) is 20.8 Å². The van der Waals surface area contributed by atoms with E-state index >= 15 is 0 Å². The Morgan fingerprint density at radius 2 is 1.76 bits per heavy atom. The summed E-state index contributed by atoms with van der Waals surface area (Å²) in [5, 5.41) is 3.64. The van der Waals surface area contributed by atoms with E-state index in [9.17, 15) is 14.4 Å². The number of thiophene rings is 1. The van der Waals surface area contributed by atoms with Crippen LogP contribution in [0.2, 0.25) is 5.02 Å². The van der Waals surface area contributed by atoms with Crippen LogP contribution in [0.4, 0.5) is 5.00 Å². The highest BCUT2D eigenvalue weighted by atomic mass is 35.5. The number of rotatable bonds is 9. The molecule has 2 aromatic rings. The number of hydrogen-bond donors (Lipinski definition) is 1. The van der Waals surface area contributed by atoms with Crippen LogP contribution < -0.4 is 10.1 Å². The molecule has 0 amide bonds. The van der Waals surface area contributed by atoms with Crippen LogP contribution >= 0.6 is 22.9 Å². The zero-order chi connectivity index (χ0) is 21.6. The summed E-state index contributed by atoms with van der Waals surface area (Å²) in [6, 6.07) is 4.72. The Hall–Kier alpha value is -2.58. The minimum Gasteiger partial charge on any atom is -0.495 e. The Kier molecular flexibility index (Phi) is 8.04. The number of methoxy groups -OCH3 is 1. The molecule has 7 nitrogen and oxygen atoms in total. The number of nitrogens with one attached hydrogen (secondary N) is 1. The monoisotopic (exact) mass is 439 g/mol. The van der Waals surface area contributed by atoms with Crippen LogP contribution in [0.5, 0.6) is 5.75 Å². The number of esters is 2. The number of halogens is 1. The van der Waals surface area contributed by atoms with Gasteiger partial charge in [-0.3, -0.25) is 4.79 Å². The number of ketones is 1. The Balaban J connectivity index is 2.27. The summed E-state index contributed by atoms with van der Waals surface area (Å²) in [6.45, 7) is 5.33. The largest absolute Gasteiger partial charge is 0.495 e.